The topological polar surface area (TPSA) is 94.9 Å². The zero-order chi connectivity index (χ0) is 16.1. The maximum Gasteiger partial charge on any atom is 0.243 e. The summed E-state index contributed by atoms with van der Waals surface area (Å²) in [5.74, 6) is 0.258. The molecule has 5 N–H and O–H groups in total. The zero-order valence-corrected chi connectivity index (χ0v) is 12.4. The molecule has 0 bridgehead atoms. The van der Waals surface area contributed by atoms with E-state index in [1.54, 1.807) is 0 Å². The van der Waals surface area contributed by atoms with Crippen LogP contribution in [-0.2, 0) is 9.47 Å². The quantitative estimate of drug-likeness (QED) is 0.580. The SMILES string of the molecule is NC=C(NC1OC(c2ccccc2)O1)C(N)=Nc1ccccc1. The van der Waals surface area contributed by atoms with Gasteiger partial charge >= 0.3 is 0 Å². The van der Waals surface area contributed by atoms with Crippen molar-refractivity contribution in [1.29, 1.82) is 0 Å². The summed E-state index contributed by atoms with van der Waals surface area (Å²) in [7, 11) is 0. The number of nitrogens with zero attached hydrogens (tertiary/aromatic N) is 1. The average Bonchev–Trinajstić information content (AvgIpc) is 2.55. The third kappa shape index (κ3) is 3.68. The molecule has 0 atom stereocenters. The Bertz CT molecular complexity index is 695. The summed E-state index contributed by atoms with van der Waals surface area (Å²) in [4.78, 5) is 4.29. The summed E-state index contributed by atoms with van der Waals surface area (Å²) in [6.45, 7) is 0. The van der Waals surface area contributed by atoms with Crippen molar-refractivity contribution < 1.29 is 9.47 Å². The standard InChI is InChI=1S/C17H18N4O2/c18-11-14(15(19)20-13-9-5-2-6-10-13)21-17-22-16(23-17)12-7-3-1-4-8-12/h1-11,16-17,21H,18H2,(H2,19,20). The van der Waals surface area contributed by atoms with Crippen molar-refractivity contribution >= 4 is 11.5 Å². The van der Waals surface area contributed by atoms with E-state index >= 15 is 0 Å². The Hall–Kier alpha value is -2.83. The number of ether oxygens (including phenoxy) is 2. The van der Waals surface area contributed by atoms with E-state index in [0.29, 0.717) is 5.70 Å². The molecular weight excluding hydrogens is 292 g/mol. The van der Waals surface area contributed by atoms with Gasteiger partial charge in [0.1, 0.15) is 5.84 Å². The number of hydrogen-bond acceptors (Lipinski definition) is 5. The van der Waals surface area contributed by atoms with Crippen molar-refractivity contribution in [2.45, 2.75) is 12.7 Å². The van der Waals surface area contributed by atoms with E-state index in [2.05, 4.69) is 10.3 Å². The minimum Gasteiger partial charge on any atom is -0.403 e. The number of benzene rings is 2. The van der Waals surface area contributed by atoms with Gasteiger partial charge in [-0.1, -0.05) is 48.5 Å². The Kier molecular flexibility index (Phi) is 4.56. The van der Waals surface area contributed by atoms with E-state index in [1.807, 2.05) is 60.7 Å². The maximum atomic E-state index is 5.96. The third-order valence-electron chi connectivity index (χ3n) is 3.29. The minimum absolute atomic E-state index is 0.258. The highest BCUT2D eigenvalue weighted by Crippen LogP contribution is 2.30. The molecule has 1 aliphatic heterocycles. The molecule has 1 fully saturated rings. The first-order valence-electron chi connectivity index (χ1n) is 7.20. The molecule has 0 radical (unpaired) electrons. The Morgan fingerprint density at radius 2 is 1.61 bits per heavy atom. The van der Waals surface area contributed by atoms with Gasteiger partial charge in [0.2, 0.25) is 6.41 Å². The lowest BCUT2D eigenvalue weighted by atomic mass is 10.2. The van der Waals surface area contributed by atoms with Crippen LogP contribution in [0.3, 0.4) is 0 Å². The van der Waals surface area contributed by atoms with Crippen LogP contribution in [0.4, 0.5) is 5.69 Å². The Balaban J connectivity index is 1.58. The summed E-state index contributed by atoms with van der Waals surface area (Å²) < 4.78 is 11.2. The normalized spacial score (nSPS) is 21.6. The predicted octanol–water partition coefficient (Wildman–Crippen LogP) is 2.09. The number of nitrogens with one attached hydrogen (secondary N) is 1. The van der Waals surface area contributed by atoms with Crippen molar-refractivity contribution in [2.24, 2.45) is 16.5 Å². The van der Waals surface area contributed by atoms with Crippen molar-refractivity contribution in [3.8, 4) is 0 Å². The fourth-order valence-electron chi connectivity index (χ4n) is 2.11. The molecule has 0 aromatic heterocycles. The number of hydrogen-bond donors (Lipinski definition) is 3. The summed E-state index contributed by atoms with van der Waals surface area (Å²) in [5, 5.41) is 2.96. The molecule has 0 aliphatic carbocycles. The first-order valence-corrected chi connectivity index (χ1v) is 7.20. The van der Waals surface area contributed by atoms with Gasteiger partial charge in [0.05, 0.1) is 11.4 Å². The first-order chi connectivity index (χ1) is 11.3. The number of amidine groups is 1. The predicted molar refractivity (Wildman–Crippen MR) is 88.3 cm³/mol. The van der Waals surface area contributed by atoms with Crippen LogP contribution in [0, 0.1) is 0 Å². The highest BCUT2D eigenvalue weighted by Gasteiger charge is 2.32. The van der Waals surface area contributed by atoms with Gasteiger partial charge in [0.15, 0.2) is 6.29 Å². The highest BCUT2D eigenvalue weighted by molar-refractivity contribution is 5.97. The second kappa shape index (κ2) is 6.95. The molecule has 0 spiro atoms. The van der Waals surface area contributed by atoms with Crippen LogP contribution in [0.5, 0.6) is 0 Å². The lowest BCUT2D eigenvalue weighted by Crippen LogP contribution is -2.47. The molecule has 118 valence electrons. The van der Waals surface area contributed by atoms with Crippen LogP contribution in [0.15, 0.2) is 77.6 Å². The first kappa shape index (κ1) is 15.1. The fraction of sp³-hybridized carbons (Fsp3) is 0.118. The average molecular weight is 310 g/mol. The Labute approximate surface area is 134 Å². The minimum atomic E-state index is -0.612. The Morgan fingerprint density at radius 1 is 1.00 bits per heavy atom. The van der Waals surface area contributed by atoms with Gasteiger partial charge < -0.3 is 26.3 Å². The largest absolute Gasteiger partial charge is 0.403 e. The molecule has 6 heteroatoms. The van der Waals surface area contributed by atoms with Gasteiger partial charge in [0.25, 0.3) is 0 Å². The summed E-state index contributed by atoms with van der Waals surface area (Å²) in [5.41, 5.74) is 13.7. The highest BCUT2D eigenvalue weighted by atomic mass is 16.9. The molecule has 3 rings (SSSR count). The van der Waals surface area contributed by atoms with E-state index in [9.17, 15) is 0 Å². The van der Waals surface area contributed by atoms with Gasteiger partial charge in [-0.15, -0.1) is 0 Å². The van der Waals surface area contributed by atoms with Crippen LogP contribution in [0.1, 0.15) is 11.9 Å². The zero-order valence-electron chi connectivity index (χ0n) is 12.4. The molecule has 23 heavy (non-hydrogen) atoms. The molecule has 2 aromatic rings. The van der Waals surface area contributed by atoms with Crippen LogP contribution in [-0.4, -0.2) is 12.2 Å². The van der Waals surface area contributed by atoms with E-state index < -0.39 is 6.41 Å². The summed E-state index contributed by atoms with van der Waals surface area (Å²) >= 11 is 0. The van der Waals surface area contributed by atoms with Gasteiger partial charge in [0, 0.05) is 11.8 Å². The second-order valence-corrected chi connectivity index (χ2v) is 4.90. The molecule has 0 unspecified atom stereocenters. The number of rotatable bonds is 5. The van der Waals surface area contributed by atoms with Crippen LogP contribution in [0.25, 0.3) is 0 Å². The van der Waals surface area contributed by atoms with Crippen molar-refractivity contribution in [2.75, 3.05) is 0 Å². The number of para-hydroxylation sites is 1. The molecule has 0 amide bonds. The molecule has 1 saturated heterocycles. The second-order valence-electron chi connectivity index (χ2n) is 4.90. The Morgan fingerprint density at radius 3 is 2.22 bits per heavy atom. The smallest absolute Gasteiger partial charge is 0.243 e. The van der Waals surface area contributed by atoms with Crippen LogP contribution < -0.4 is 16.8 Å². The molecule has 1 heterocycles. The molecule has 2 aromatic carbocycles. The maximum absolute atomic E-state index is 5.96. The van der Waals surface area contributed by atoms with Crippen LogP contribution in [0.2, 0.25) is 0 Å². The lowest BCUT2D eigenvalue weighted by molar-refractivity contribution is -0.398. The van der Waals surface area contributed by atoms with Gasteiger partial charge in [-0.3, -0.25) is 0 Å². The van der Waals surface area contributed by atoms with Crippen molar-refractivity contribution in [3.63, 3.8) is 0 Å². The number of aliphatic imine (C=N–C) groups is 1. The fourth-order valence-corrected chi connectivity index (χ4v) is 2.11. The summed E-state index contributed by atoms with van der Waals surface area (Å²) in [6, 6.07) is 19.0. The van der Waals surface area contributed by atoms with E-state index in [0.717, 1.165) is 11.3 Å². The molecule has 1 aliphatic rings. The van der Waals surface area contributed by atoms with Crippen LogP contribution >= 0.6 is 0 Å². The molecule has 6 nitrogen and oxygen atoms in total. The van der Waals surface area contributed by atoms with Gasteiger partial charge in [-0.05, 0) is 12.1 Å². The lowest BCUT2D eigenvalue weighted by Gasteiger charge is -2.37. The molecule has 0 saturated carbocycles. The monoisotopic (exact) mass is 310 g/mol. The van der Waals surface area contributed by atoms with Crippen molar-refractivity contribution in [1.82, 2.24) is 5.32 Å². The third-order valence-corrected chi connectivity index (χ3v) is 3.29. The van der Waals surface area contributed by atoms with E-state index in [4.69, 9.17) is 20.9 Å². The molecular formula is C17H18N4O2. The van der Waals surface area contributed by atoms with Gasteiger partial charge in [-0.25, -0.2) is 4.99 Å². The summed E-state index contributed by atoms with van der Waals surface area (Å²) in [6.07, 6.45) is 0.337. The van der Waals surface area contributed by atoms with E-state index in [1.165, 1.54) is 6.20 Å². The van der Waals surface area contributed by atoms with Gasteiger partial charge in [-0.2, -0.15) is 0 Å². The van der Waals surface area contributed by atoms with E-state index in [-0.39, 0.29) is 12.1 Å². The van der Waals surface area contributed by atoms with Crippen molar-refractivity contribution in [3.05, 3.63) is 78.1 Å². The number of nitrogens with two attached hydrogens (primary N) is 2.